The van der Waals surface area contributed by atoms with Crippen molar-refractivity contribution in [3.63, 3.8) is 0 Å². The van der Waals surface area contributed by atoms with E-state index >= 15 is 0 Å². The van der Waals surface area contributed by atoms with E-state index in [4.69, 9.17) is 9.47 Å². The number of hydrogen-bond donors (Lipinski definition) is 2. The van der Waals surface area contributed by atoms with Crippen molar-refractivity contribution < 1.29 is 19.1 Å². The fraction of sp³-hybridized carbons (Fsp3) is 0.273. The molecule has 0 radical (unpaired) electrons. The molecule has 0 bridgehead atoms. The third-order valence-corrected chi connectivity index (χ3v) is 1.98. The van der Waals surface area contributed by atoms with Crippen LogP contribution in [-0.2, 0) is 14.3 Å². The lowest BCUT2D eigenvalue weighted by Gasteiger charge is -2.11. The first-order valence-electron chi connectivity index (χ1n) is 4.88. The second-order valence-electron chi connectivity index (χ2n) is 3.16. The molecular weight excluding hydrogens is 224 g/mol. The van der Waals surface area contributed by atoms with E-state index in [9.17, 15) is 9.59 Å². The molecule has 0 spiro atoms. The van der Waals surface area contributed by atoms with Crippen LogP contribution >= 0.6 is 0 Å². The molecule has 0 aliphatic rings. The van der Waals surface area contributed by atoms with E-state index in [0.717, 1.165) is 0 Å². The highest BCUT2D eigenvalue weighted by molar-refractivity contribution is 5.93. The zero-order valence-corrected chi connectivity index (χ0v) is 9.65. The molecule has 0 saturated heterocycles. The van der Waals surface area contributed by atoms with Crippen molar-refractivity contribution in [2.45, 2.75) is 0 Å². The Balaban J connectivity index is 2.84. The first-order chi connectivity index (χ1) is 8.21. The van der Waals surface area contributed by atoms with Gasteiger partial charge in [-0.1, -0.05) is 0 Å². The van der Waals surface area contributed by atoms with E-state index in [1.165, 1.54) is 14.2 Å². The standard InChI is InChI=1S/C11H14N2O4/c1-16-6-11(15)13-9-4-3-8(12-7-14)5-10(9)17-2/h3-5,7H,6H2,1-2H3,(H,12,14)(H,13,15). The number of ether oxygens (including phenoxy) is 2. The van der Waals surface area contributed by atoms with Crippen molar-refractivity contribution in [1.29, 1.82) is 0 Å². The maximum atomic E-state index is 11.3. The summed E-state index contributed by atoms with van der Waals surface area (Å²) in [4.78, 5) is 21.6. The molecule has 0 atom stereocenters. The predicted molar refractivity (Wildman–Crippen MR) is 63.2 cm³/mol. The molecule has 0 aliphatic carbocycles. The number of amides is 2. The van der Waals surface area contributed by atoms with Crippen LogP contribution in [0, 0.1) is 0 Å². The van der Waals surface area contributed by atoms with Crippen molar-refractivity contribution in [2.24, 2.45) is 0 Å². The highest BCUT2D eigenvalue weighted by Gasteiger charge is 2.07. The zero-order chi connectivity index (χ0) is 12.7. The fourth-order valence-electron chi connectivity index (χ4n) is 1.27. The molecule has 0 aliphatic heterocycles. The molecule has 1 aromatic carbocycles. The lowest BCUT2D eigenvalue weighted by Crippen LogP contribution is -2.17. The number of rotatable bonds is 6. The molecule has 17 heavy (non-hydrogen) atoms. The van der Waals surface area contributed by atoms with Crippen LogP contribution in [-0.4, -0.2) is 33.1 Å². The smallest absolute Gasteiger partial charge is 0.250 e. The zero-order valence-electron chi connectivity index (χ0n) is 9.65. The SMILES string of the molecule is COCC(=O)Nc1ccc(NC=O)cc1OC. The van der Waals surface area contributed by atoms with Gasteiger partial charge < -0.3 is 20.1 Å². The number of nitrogens with one attached hydrogen (secondary N) is 2. The van der Waals surface area contributed by atoms with Crippen LogP contribution in [0.25, 0.3) is 0 Å². The molecule has 92 valence electrons. The Kier molecular flexibility index (Phi) is 4.96. The Hall–Kier alpha value is -2.08. The Morgan fingerprint density at radius 3 is 2.76 bits per heavy atom. The molecule has 0 heterocycles. The number of hydrogen-bond acceptors (Lipinski definition) is 4. The van der Waals surface area contributed by atoms with Gasteiger partial charge in [0.05, 0.1) is 12.8 Å². The van der Waals surface area contributed by atoms with Gasteiger partial charge in [0, 0.05) is 18.9 Å². The fourth-order valence-corrected chi connectivity index (χ4v) is 1.27. The minimum atomic E-state index is -0.276. The van der Waals surface area contributed by atoms with Crippen LogP contribution in [0.5, 0.6) is 5.75 Å². The number of methoxy groups -OCH3 is 2. The number of carbonyl (C=O) groups is 2. The van der Waals surface area contributed by atoms with E-state index in [0.29, 0.717) is 23.5 Å². The maximum Gasteiger partial charge on any atom is 0.250 e. The van der Waals surface area contributed by atoms with Gasteiger partial charge in [-0.05, 0) is 12.1 Å². The van der Waals surface area contributed by atoms with Crippen molar-refractivity contribution >= 4 is 23.7 Å². The lowest BCUT2D eigenvalue weighted by atomic mass is 10.2. The highest BCUT2D eigenvalue weighted by Crippen LogP contribution is 2.27. The van der Waals surface area contributed by atoms with E-state index in [-0.39, 0.29) is 12.5 Å². The summed E-state index contributed by atoms with van der Waals surface area (Å²) in [5, 5.41) is 5.12. The normalized spacial score (nSPS) is 9.53. The molecule has 0 fully saturated rings. The van der Waals surface area contributed by atoms with E-state index in [1.54, 1.807) is 18.2 Å². The van der Waals surface area contributed by atoms with Gasteiger partial charge in [-0.3, -0.25) is 9.59 Å². The largest absolute Gasteiger partial charge is 0.494 e. The molecule has 6 heteroatoms. The topological polar surface area (TPSA) is 76.7 Å². The summed E-state index contributed by atoms with van der Waals surface area (Å²) >= 11 is 0. The predicted octanol–water partition coefficient (Wildman–Crippen LogP) is 0.848. The molecule has 1 aromatic rings. The third kappa shape index (κ3) is 3.76. The van der Waals surface area contributed by atoms with Crippen LogP contribution in [0.2, 0.25) is 0 Å². The third-order valence-electron chi connectivity index (χ3n) is 1.98. The molecule has 0 unspecified atom stereocenters. The van der Waals surface area contributed by atoms with E-state index < -0.39 is 0 Å². The van der Waals surface area contributed by atoms with Gasteiger partial charge in [0.15, 0.2) is 0 Å². The molecule has 6 nitrogen and oxygen atoms in total. The van der Waals surface area contributed by atoms with Gasteiger partial charge in [-0.15, -0.1) is 0 Å². The summed E-state index contributed by atoms with van der Waals surface area (Å²) in [6.45, 7) is -0.0303. The quantitative estimate of drug-likeness (QED) is 0.720. The maximum absolute atomic E-state index is 11.3. The summed E-state index contributed by atoms with van der Waals surface area (Å²) in [5.41, 5.74) is 1.10. The van der Waals surface area contributed by atoms with Crippen LogP contribution in [0.15, 0.2) is 18.2 Å². The van der Waals surface area contributed by atoms with Gasteiger partial charge in [-0.2, -0.15) is 0 Å². The van der Waals surface area contributed by atoms with Gasteiger partial charge in [0.2, 0.25) is 12.3 Å². The molecule has 2 amide bonds. The Morgan fingerprint density at radius 2 is 2.18 bits per heavy atom. The average Bonchev–Trinajstić information content (AvgIpc) is 2.31. The summed E-state index contributed by atoms with van der Waals surface area (Å²) in [6.07, 6.45) is 0.567. The molecule has 1 rings (SSSR count). The van der Waals surface area contributed by atoms with Gasteiger partial charge in [-0.25, -0.2) is 0 Å². The minimum Gasteiger partial charge on any atom is -0.494 e. The molecule has 0 aromatic heterocycles. The summed E-state index contributed by atoms with van der Waals surface area (Å²) in [7, 11) is 2.92. The van der Waals surface area contributed by atoms with Gasteiger partial charge in [0.25, 0.3) is 0 Å². The van der Waals surface area contributed by atoms with Crippen LogP contribution in [0.1, 0.15) is 0 Å². The summed E-state index contributed by atoms with van der Waals surface area (Å²) in [5.74, 6) is 0.184. The first kappa shape index (κ1) is 13.0. The van der Waals surface area contributed by atoms with Crippen molar-refractivity contribution in [2.75, 3.05) is 31.5 Å². The summed E-state index contributed by atoms with van der Waals surface area (Å²) in [6, 6.07) is 4.90. The van der Waals surface area contributed by atoms with Crippen LogP contribution < -0.4 is 15.4 Å². The Labute approximate surface area is 98.9 Å². The molecular formula is C11H14N2O4. The highest BCUT2D eigenvalue weighted by atomic mass is 16.5. The van der Waals surface area contributed by atoms with Gasteiger partial charge in [0.1, 0.15) is 12.4 Å². The Morgan fingerprint density at radius 1 is 1.41 bits per heavy atom. The van der Waals surface area contributed by atoms with E-state index in [2.05, 4.69) is 10.6 Å². The number of carbonyl (C=O) groups excluding carboxylic acids is 2. The number of benzene rings is 1. The first-order valence-corrected chi connectivity index (χ1v) is 4.88. The average molecular weight is 238 g/mol. The minimum absolute atomic E-state index is 0.0303. The molecule has 2 N–H and O–H groups in total. The van der Waals surface area contributed by atoms with Crippen LogP contribution in [0.3, 0.4) is 0 Å². The second-order valence-corrected chi connectivity index (χ2v) is 3.16. The van der Waals surface area contributed by atoms with Crippen molar-refractivity contribution in [3.05, 3.63) is 18.2 Å². The Bertz CT molecular complexity index is 406. The van der Waals surface area contributed by atoms with Crippen molar-refractivity contribution in [1.82, 2.24) is 0 Å². The monoisotopic (exact) mass is 238 g/mol. The lowest BCUT2D eigenvalue weighted by molar-refractivity contribution is -0.119. The van der Waals surface area contributed by atoms with Crippen LogP contribution in [0.4, 0.5) is 11.4 Å². The second kappa shape index (κ2) is 6.49. The van der Waals surface area contributed by atoms with Crippen molar-refractivity contribution in [3.8, 4) is 5.75 Å². The number of anilines is 2. The van der Waals surface area contributed by atoms with Gasteiger partial charge >= 0.3 is 0 Å². The summed E-state index contributed by atoms with van der Waals surface area (Å²) < 4.78 is 9.80. The molecule has 0 saturated carbocycles. The van der Waals surface area contributed by atoms with E-state index in [1.807, 2.05) is 0 Å².